The monoisotopic (exact) mass is 419 g/mol. The van der Waals surface area contributed by atoms with Gasteiger partial charge in [-0.05, 0) is 60.7 Å². The fourth-order valence-corrected chi connectivity index (χ4v) is 4.26. The summed E-state index contributed by atoms with van der Waals surface area (Å²) in [6.07, 6.45) is 6.60. The molecule has 0 saturated carbocycles. The number of fused-ring (bicyclic) bond motifs is 1. The molecule has 8 heteroatoms. The maximum Gasteiger partial charge on any atom is 0.258 e. The summed E-state index contributed by atoms with van der Waals surface area (Å²) in [7, 11) is 0. The number of nitrogens with one attached hydrogen (secondary N) is 2. The minimum atomic E-state index is -0.227. The van der Waals surface area contributed by atoms with Gasteiger partial charge < -0.3 is 5.32 Å². The number of aromatic nitrogens is 3. The summed E-state index contributed by atoms with van der Waals surface area (Å²) in [5.74, 6) is 0.335. The smallest absolute Gasteiger partial charge is 0.258 e. The van der Waals surface area contributed by atoms with E-state index >= 15 is 0 Å². The van der Waals surface area contributed by atoms with Gasteiger partial charge >= 0.3 is 0 Å². The lowest BCUT2D eigenvalue weighted by atomic mass is 10.1. The van der Waals surface area contributed by atoms with Crippen molar-refractivity contribution in [3.05, 3.63) is 71.2 Å². The van der Waals surface area contributed by atoms with E-state index in [9.17, 15) is 9.59 Å². The van der Waals surface area contributed by atoms with Gasteiger partial charge in [0.2, 0.25) is 11.9 Å². The number of thioether (sulfide) groups is 1. The number of nitrogens with zero attached hydrogens (tertiary/aromatic N) is 3. The first-order valence-corrected chi connectivity index (χ1v) is 10.7. The van der Waals surface area contributed by atoms with E-state index in [-0.39, 0.29) is 17.8 Å². The molecule has 2 N–H and O–H groups in total. The first-order chi connectivity index (χ1) is 14.6. The highest BCUT2D eigenvalue weighted by Crippen LogP contribution is 2.27. The largest absolute Gasteiger partial charge is 0.322 e. The van der Waals surface area contributed by atoms with Crippen molar-refractivity contribution in [2.75, 3.05) is 10.6 Å². The molecule has 2 aromatic heterocycles. The van der Waals surface area contributed by atoms with Crippen LogP contribution in [0.5, 0.6) is 0 Å². The van der Waals surface area contributed by atoms with Gasteiger partial charge in [-0.2, -0.15) is 0 Å². The maximum atomic E-state index is 12.9. The highest BCUT2D eigenvalue weighted by molar-refractivity contribution is 7.98. The number of pyridine rings is 1. The number of hydrogen-bond donors (Lipinski definition) is 2. The van der Waals surface area contributed by atoms with E-state index in [1.165, 1.54) is 36.2 Å². The van der Waals surface area contributed by atoms with Gasteiger partial charge in [-0.3, -0.25) is 14.9 Å². The lowest BCUT2D eigenvalue weighted by Crippen LogP contribution is -2.14. The average molecular weight is 420 g/mol. The predicted molar refractivity (Wildman–Crippen MR) is 117 cm³/mol. The molecule has 2 amide bonds. The summed E-state index contributed by atoms with van der Waals surface area (Å²) in [5.41, 5.74) is 4.73. The molecule has 2 heterocycles. The zero-order valence-electron chi connectivity index (χ0n) is 16.5. The van der Waals surface area contributed by atoms with E-state index in [4.69, 9.17) is 0 Å². The Morgan fingerprint density at radius 1 is 1.03 bits per heavy atom. The second kappa shape index (κ2) is 9.04. The van der Waals surface area contributed by atoms with Crippen LogP contribution in [0, 0.1) is 0 Å². The lowest BCUT2D eigenvalue weighted by molar-refractivity contribution is -0.114. The van der Waals surface area contributed by atoms with Gasteiger partial charge in [0.05, 0.1) is 11.3 Å². The summed E-state index contributed by atoms with van der Waals surface area (Å²) in [6, 6.07) is 11.4. The molecule has 0 aliphatic heterocycles. The Labute approximate surface area is 178 Å². The summed E-state index contributed by atoms with van der Waals surface area (Å²) in [5, 5.41) is 6.18. The topological polar surface area (TPSA) is 96.9 Å². The quantitative estimate of drug-likeness (QED) is 0.589. The average Bonchev–Trinajstić information content (AvgIpc) is 3.20. The molecular formula is C22H21N5O2S. The second-order valence-electron chi connectivity index (χ2n) is 6.99. The fourth-order valence-electron chi connectivity index (χ4n) is 3.36. The van der Waals surface area contributed by atoms with Gasteiger partial charge in [-0.25, -0.2) is 15.0 Å². The highest BCUT2D eigenvalue weighted by atomic mass is 32.2. The second-order valence-corrected chi connectivity index (χ2v) is 7.95. The predicted octanol–water partition coefficient (Wildman–Crippen LogP) is 3.86. The first-order valence-electron chi connectivity index (χ1n) is 9.69. The molecule has 4 rings (SSSR count). The molecule has 7 nitrogen and oxygen atoms in total. The van der Waals surface area contributed by atoms with Crippen molar-refractivity contribution in [2.24, 2.45) is 0 Å². The van der Waals surface area contributed by atoms with Crippen LogP contribution in [0.4, 0.5) is 11.6 Å². The molecule has 0 spiro atoms. The number of hydrogen-bond acceptors (Lipinski definition) is 6. The van der Waals surface area contributed by atoms with Crippen LogP contribution in [0.1, 0.15) is 40.5 Å². The number of benzene rings is 1. The van der Waals surface area contributed by atoms with Gasteiger partial charge in [-0.1, -0.05) is 17.8 Å². The maximum absolute atomic E-state index is 12.9. The third-order valence-corrected chi connectivity index (χ3v) is 5.77. The van der Waals surface area contributed by atoms with Crippen molar-refractivity contribution in [3.8, 4) is 0 Å². The fraction of sp³-hybridized carbons (Fsp3) is 0.227. The Balaban J connectivity index is 1.46. The lowest BCUT2D eigenvalue weighted by Gasteiger charge is -2.10. The minimum absolute atomic E-state index is 0.190. The molecule has 1 aromatic carbocycles. The molecule has 0 saturated heterocycles. The van der Waals surface area contributed by atoms with Crippen molar-refractivity contribution in [1.82, 2.24) is 15.0 Å². The van der Waals surface area contributed by atoms with Crippen LogP contribution in [-0.4, -0.2) is 26.8 Å². The van der Waals surface area contributed by atoms with E-state index in [0.29, 0.717) is 16.3 Å². The van der Waals surface area contributed by atoms with Crippen LogP contribution in [0.25, 0.3) is 0 Å². The third kappa shape index (κ3) is 4.83. The number of carbonyl (C=O) groups excluding carboxylic acids is 2. The third-order valence-electron chi connectivity index (χ3n) is 4.73. The number of carbonyl (C=O) groups is 2. The van der Waals surface area contributed by atoms with Crippen LogP contribution in [-0.2, 0) is 23.4 Å². The van der Waals surface area contributed by atoms with Gasteiger partial charge in [0.1, 0.15) is 5.03 Å². The van der Waals surface area contributed by atoms with Gasteiger partial charge in [0, 0.05) is 30.8 Å². The van der Waals surface area contributed by atoms with E-state index in [0.717, 1.165) is 24.2 Å². The summed E-state index contributed by atoms with van der Waals surface area (Å²) < 4.78 is 0. The molecule has 152 valence electrons. The summed E-state index contributed by atoms with van der Waals surface area (Å²) in [6.45, 7) is 1.41. The number of rotatable bonds is 6. The Morgan fingerprint density at radius 2 is 1.90 bits per heavy atom. The van der Waals surface area contributed by atoms with Crippen LogP contribution in [0.2, 0.25) is 0 Å². The molecule has 30 heavy (non-hydrogen) atoms. The van der Waals surface area contributed by atoms with Crippen molar-refractivity contribution < 1.29 is 9.59 Å². The Kier molecular flexibility index (Phi) is 6.04. The molecule has 0 unspecified atom stereocenters. The van der Waals surface area contributed by atoms with Crippen molar-refractivity contribution in [3.63, 3.8) is 0 Å². The Morgan fingerprint density at radius 3 is 2.77 bits per heavy atom. The van der Waals surface area contributed by atoms with Crippen LogP contribution in [0.3, 0.4) is 0 Å². The number of anilines is 2. The molecule has 0 radical (unpaired) electrons. The first kappa shape index (κ1) is 20.0. The van der Waals surface area contributed by atoms with Gasteiger partial charge in [0.15, 0.2) is 0 Å². The molecule has 3 aromatic rings. The summed E-state index contributed by atoms with van der Waals surface area (Å²) in [4.78, 5) is 36.8. The molecule has 1 aliphatic carbocycles. The SMILES string of the molecule is CC(=O)Nc1nccc(CSc2ncccc2C(=O)Nc2ccc3c(c2)CCC3)n1. The van der Waals surface area contributed by atoms with E-state index in [2.05, 4.69) is 37.7 Å². The molecular weight excluding hydrogens is 398 g/mol. The number of aryl methyl sites for hydroxylation is 2. The zero-order valence-corrected chi connectivity index (χ0v) is 17.3. The van der Waals surface area contributed by atoms with Crippen molar-refractivity contribution >= 4 is 35.2 Å². The Hall–Kier alpha value is -3.26. The van der Waals surface area contributed by atoms with Crippen LogP contribution in [0.15, 0.2) is 53.8 Å². The standard InChI is InChI=1S/C22H21N5O2S/c1-14(28)25-22-24-11-9-18(27-22)13-30-21-19(6-3-10-23-21)20(29)26-17-8-7-15-4-2-5-16(15)12-17/h3,6-12H,2,4-5,13H2,1H3,(H,26,29)(H,24,25,27,28). The van der Waals surface area contributed by atoms with E-state index in [1.54, 1.807) is 30.6 Å². The van der Waals surface area contributed by atoms with Crippen molar-refractivity contribution in [2.45, 2.75) is 37.0 Å². The highest BCUT2D eigenvalue weighted by Gasteiger charge is 2.16. The molecule has 0 bridgehead atoms. The van der Waals surface area contributed by atoms with E-state index < -0.39 is 0 Å². The molecule has 0 fully saturated rings. The van der Waals surface area contributed by atoms with Crippen LogP contribution < -0.4 is 10.6 Å². The zero-order chi connectivity index (χ0) is 20.9. The normalized spacial score (nSPS) is 12.3. The number of amides is 2. The Bertz CT molecular complexity index is 1100. The van der Waals surface area contributed by atoms with Crippen LogP contribution >= 0.6 is 11.8 Å². The van der Waals surface area contributed by atoms with Gasteiger partial charge in [-0.15, -0.1) is 0 Å². The van der Waals surface area contributed by atoms with Gasteiger partial charge in [0.25, 0.3) is 5.91 Å². The molecule has 0 atom stereocenters. The molecule has 1 aliphatic rings. The van der Waals surface area contributed by atoms with Crippen molar-refractivity contribution in [1.29, 1.82) is 0 Å². The van der Waals surface area contributed by atoms with E-state index in [1.807, 2.05) is 6.07 Å². The minimum Gasteiger partial charge on any atom is -0.322 e. The summed E-state index contributed by atoms with van der Waals surface area (Å²) >= 11 is 1.41.